The summed E-state index contributed by atoms with van der Waals surface area (Å²) in [6.07, 6.45) is 2.27. The summed E-state index contributed by atoms with van der Waals surface area (Å²) in [6.45, 7) is 2.66. The second-order valence-corrected chi connectivity index (χ2v) is 5.19. The van der Waals surface area contributed by atoms with E-state index in [1.807, 2.05) is 37.3 Å². The maximum absolute atomic E-state index is 12.7. The molecule has 1 aromatic heterocycles. The van der Waals surface area contributed by atoms with Gasteiger partial charge in [-0.15, -0.1) is 0 Å². The molecule has 6 nitrogen and oxygen atoms in total. The lowest BCUT2D eigenvalue weighted by Crippen LogP contribution is -2.32. The number of nitrogens with zero attached hydrogens (tertiary/aromatic N) is 2. The van der Waals surface area contributed by atoms with Crippen LogP contribution >= 0.6 is 0 Å². The molecule has 0 saturated carbocycles. The molecule has 0 spiro atoms. The number of carbonyl (C=O) groups is 2. The predicted molar refractivity (Wildman–Crippen MR) is 83.9 cm³/mol. The number of hydrogen-bond acceptors (Lipinski definition) is 4. The van der Waals surface area contributed by atoms with Gasteiger partial charge in [0.15, 0.2) is 12.1 Å². The summed E-state index contributed by atoms with van der Waals surface area (Å²) in [4.78, 5) is 29.1. The molecule has 0 atom stereocenters. The molecule has 1 heterocycles. The highest BCUT2D eigenvalue weighted by molar-refractivity contribution is 5.93. The van der Waals surface area contributed by atoms with E-state index in [1.165, 1.54) is 6.39 Å². The molecule has 0 bridgehead atoms. The molecule has 1 aromatic carbocycles. The third-order valence-electron chi connectivity index (χ3n) is 3.49. The molecule has 2 rings (SSSR count). The standard InChI is InChI=1S/C17H20N2O4/c1-2-14-16(18-12-23-14)17(22)19(10-6-9-15(20)21)11-13-7-4-3-5-8-13/h3-5,7-8,12H,2,6,9-11H2,1H3,(H,20,21). The molecular weight excluding hydrogens is 296 g/mol. The predicted octanol–water partition coefficient (Wildman–Crippen LogP) is 2.74. The van der Waals surface area contributed by atoms with Gasteiger partial charge in [-0.3, -0.25) is 9.59 Å². The number of rotatable bonds is 8. The number of hydrogen-bond donors (Lipinski definition) is 1. The average Bonchev–Trinajstić information content (AvgIpc) is 3.02. The largest absolute Gasteiger partial charge is 0.481 e. The number of aryl methyl sites for hydroxylation is 1. The summed E-state index contributed by atoms with van der Waals surface area (Å²) in [5.74, 6) is -0.552. The first-order valence-electron chi connectivity index (χ1n) is 7.59. The molecular formula is C17H20N2O4. The van der Waals surface area contributed by atoms with Crippen LogP contribution in [0.3, 0.4) is 0 Å². The van der Waals surface area contributed by atoms with Gasteiger partial charge < -0.3 is 14.4 Å². The van der Waals surface area contributed by atoms with Crippen LogP contribution in [0.15, 0.2) is 41.1 Å². The first-order chi connectivity index (χ1) is 11.1. The molecule has 6 heteroatoms. The zero-order valence-electron chi connectivity index (χ0n) is 13.1. The van der Waals surface area contributed by atoms with Gasteiger partial charge >= 0.3 is 5.97 Å². The van der Waals surface area contributed by atoms with E-state index in [4.69, 9.17) is 9.52 Å². The summed E-state index contributed by atoms with van der Waals surface area (Å²) in [5.41, 5.74) is 1.29. The Kier molecular flexibility index (Phi) is 5.91. The Hall–Kier alpha value is -2.63. The van der Waals surface area contributed by atoms with E-state index in [1.54, 1.807) is 4.90 Å². The van der Waals surface area contributed by atoms with E-state index in [9.17, 15) is 9.59 Å². The molecule has 1 amide bonds. The Balaban J connectivity index is 2.14. The highest BCUT2D eigenvalue weighted by Gasteiger charge is 2.22. The molecule has 0 aliphatic heterocycles. The van der Waals surface area contributed by atoms with Gasteiger partial charge in [0.1, 0.15) is 5.76 Å². The number of oxazole rings is 1. The fourth-order valence-corrected chi connectivity index (χ4v) is 2.32. The molecule has 0 aliphatic rings. The first kappa shape index (κ1) is 16.7. The van der Waals surface area contributed by atoms with Crippen molar-refractivity contribution in [3.8, 4) is 0 Å². The Morgan fingerprint density at radius 1 is 1.26 bits per heavy atom. The fourth-order valence-electron chi connectivity index (χ4n) is 2.32. The third kappa shape index (κ3) is 4.67. The minimum atomic E-state index is -0.868. The minimum absolute atomic E-state index is 0.0258. The number of aromatic nitrogens is 1. The molecule has 0 fully saturated rings. The quantitative estimate of drug-likeness (QED) is 0.809. The van der Waals surface area contributed by atoms with Crippen molar-refractivity contribution in [3.05, 3.63) is 53.7 Å². The van der Waals surface area contributed by atoms with E-state index in [0.29, 0.717) is 37.4 Å². The van der Waals surface area contributed by atoms with Crippen LogP contribution in [0.25, 0.3) is 0 Å². The SMILES string of the molecule is CCc1ocnc1C(=O)N(CCCC(=O)O)Cc1ccccc1. The highest BCUT2D eigenvalue weighted by Crippen LogP contribution is 2.14. The van der Waals surface area contributed by atoms with Crippen LogP contribution in [0.1, 0.15) is 41.6 Å². The van der Waals surface area contributed by atoms with Crippen molar-refractivity contribution in [2.75, 3.05) is 6.54 Å². The Labute approximate surface area is 134 Å². The lowest BCUT2D eigenvalue weighted by atomic mass is 10.1. The maximum atomic E-state index is 12.7. The van der Waals surface area contributed by atoms with E-state index < -0.39 is 5.97 Å². The number of carboxylic acid groups (broad SMARTS) is 1. The van der Waals surface area contributed by atoms with Crippen molar-refractivity contribution in [1.82, 2.24) is 9.88 Å². The second-order valence-electron chi connectivity index (χ2n) is 5.19. The van der Waals surface area contributed by atoms with Crippen LogP contribution in [0.2, 0.25) is 0 Å². The van der Waals surface area contributed by atoms with Crippen LogP contribution < -0.4 is 0 Å². The molecule has 0 saturated heterocycles. The van der Waals surface area contributed by atoms with E-state index in [2.05, 4.69) is 4.98 Å². The molecule has 1 N–H and O–H groups in total. The zero-order valence-corrected chi connectivity index (χ0v) is 13.1. The topological polar surface area (TPSA) is 83.6 Å². The zero-order chi connectivity index (χ0) is 16.7. The van der Waals surface area contributed by atoms with Gasteiger partial charge in [0, 0.05) is 25.9 Å². The lowest BCUT2D eigenvalue weighted by molar-refractivity contribution is -0.137. The van der Waals surface area contributed by atoms with Crippen molar-refractivity contribution in [1.29, 1.82) is 0 Å². The molecule has 0 radical (unpaired) electrons. The summed E-state index contributed by atoms with van der Waals surface area (Å²) in [7, 11) is 0. The average molecular weight is 316 g/mol. The number of carbonyl (C=O) groups excluding carboxylic acids is 1. The summed E-state index contributed by atoms with van der Waals surface area (Å²) >= 11 is 0. The van der Waals surface area contributed by atoms with Crippen LogP contribution in [0, 0.1) is 0 Å². The van der Waals surface area contributed by atoms with E-state index in [0.717, 1.165) is 5.56 Å². The van der Waals surface area contributed by atoms with Crippen LogP contribution in [0.5, 0.6) is 0 Å². The normalized spacial score (nSPS) is 10.5. The van der Waals surface area contributed by atoms with Crippen molar-refractivity contribution < 1.29 is 19.1 Å². The van der Waals surface area contributed by atoms with Crippen molar-refractivity contribution >= 4 is 11.9 Å². The van der Waals surface area contributed by atoms with Gasteiger partial charge in [0.25, 0.3) is 5.91 Å². The molecule has 122 valence electrons. The lowest BCUT2D eigenvalue weighted by Gasteiger charge is -2.22. The van der Waals surface area contributed by atoms with Crippen molar-refractivity contribution in [3.63, 3.8) is 0 Å². The fraction of sp³-hybridized carbons (Fsp3) is 0.353. The summed E-state index contributed by atoms with van der Waals surface area (Å²) in [6, 6.07) is 9.58. The maximum Gasteiger partial charge on any atom is 0.303 e. The van der Waals surface area contributed by atoms with Gasteiger partial charge in [0.2, 0.25) is 0 Å². The number of aliphatic carboxylic acids is 1. The summed E-state index contributed by atoms with van der Waals surface area (Å²) in [5, 5.41) is 8.79. The number of amides is 1. The smallest absolute Gasteiger partial charge is 0.303 e. The van der Waals surface area contributed by atoms with Crippen molar-refractivity contribution in [2.45, 2.75) is 32.7 Å². The molecule has 0 unspecified atom stereocenters. The van der Waals surface area contributed by atoms with Crippen LogP contribution in [-0.4, -0.2) is 33.4 Å². The van der Waals surface area contributed by atoms with E-state index >= 15 is 0 Å². The Morgan fingerprint density at radius 2 is 2.00 bits per heavy atom. The highest BCUT2D eigenvalue weighted by atomic mass is 16.4. The Bertz CT molecular complexity index is 652. The minimum Gasteiger partial charge on any atom is -0.481 e. The van der Waals surface area contributed by atoms with Gasteiger partial charge in [0.05, 0.1) is 0 Å². The van der Waals surface area contributed by atoms with E-state index in [-0.39, 0.29) is 12.3 Å². The summed E-state index contributed by atoms with van der Waals surface area (Å²) < 4.78 is 5.23. The molecule has 0 aliphatic carbocycles. The molecule has 23 heavy (non-hydrogen) atoms. The first-order valence-corrected chi connectivity index (χ1v) is 7.59. The third-order valence-corrected chi connectivity index (χ3v) is 3.49. The number of benzene rings is 1. The molecule has 2 aromatic rings. The van der Waals surface area contributed by atoms with Crippen molar-refractivity contribution in [2.24, 2.45) is 0 Å². The Morgan fingerprint density at radius 3 is 2.65 bits per heavy atom. The van der Waals surface area contributed by atoms with Crippen LogP contribution in [0.4, 0.5) is 0 Å². The second kappa shape index (κ2) is 8.12. The van der Waals surface area contributed by atoms with Gasteiger partial charge in [-0.05, 0) is 12.0 Å². The number of carboxylic acids is 1. The van der Waals surface area contributed by atoms with Crippen LogP contribution in [-0.2, 0) is 17.8 Å². The monoisotopic (exact) mass is 316 g/mol. The van der Waals surface area contributed by atoms with Gasteiger partial charge in [-0.25, -0.2) is 4.98 Å². The van der Waals surface area contributed by atoms with Gasteiger partial charge in [-0.1, -0.05) is 37.3 Å². The van der Waals surface area contributed by atoms with Gasteiger partial charge in [-0.2, -0.15) is 0 Å².